The van der Waals surface area contributed by atoms with Gasteiger partial charge in [0, 0.05) is 18.0 Å². The maximum atomic E-state index is 10.7. The maximum absolute atomic E-state index is 10.7. The van der Waals surface area contributed by atoms with Gasteiger partial charge in [-0.15, -0.1) is 10.2 Å². The molecule has 2 heterocycles. The smallest absolute Gasteiger partial charge is 0.264 e. The van der Waals surface area contributed by atoms with Crippen LogP contribution in [0.3, 0.4) is 0 Å². The van der Waals surface area contributed by atoms with Crippen molar-refractivity contribution in [1.29, 1.82) is 0 Å². The predicted molar refractivity (Wildman–Crippen MR) is 75.5 cm³/mol. The summed E-state index contributed by atoms with van der Waals surface area (Å²) in [5.74, 6) is 5.61. The van der Waals surface area contributed by atoms with Gasteiger partial charge in [-0.1, -0.05) is 17.8 Å². The van der Waals surface area contributed by atoms with Gasteiger partial charge in [-0.05, 0) is 6.07 Å². The first kappa shape index (κ1) is 13.8. The summed E-state index contributed by atoms with van der Waals surface area (Å²) in [6.45, 7) is 0. The number of amides is 1. The van der Waals surface area contributed by atoms with E-state index in [0.29, 0.717) is 5.16 Å². The molecular formula is C10H12N8OS. The minimum Gasteiger partial charge on any atom is -0.369 e. The number of nitrogens with one attached hydrogen (secondary N) is 1. The number of hydrogen-bond acceptors (Lipinski definition) is 8. The lowest BCUT2D eigenvalue weighted by Gasteiger charge is -2.01. The molecular weight excluding hydrogens is 280 g/mol. The number of aromatic nitrogens is 4. The summed E-state index contributed by atoms with van der Waals surface area (Å²) in [6, 6.07) is 3.64. The molecule has 0 aliphatic carbocycles. The topological polar surface area (TPSA) is 137 Å². The summed E-state index contributed by atoms with van der Waals surface area (Å²) in [7, 11) is 0. The van der Waals surface area contributed by atoms with Crippen LogP contribution in [0.2, 0.25) is 0 Å². The Bertz CT molecular complexity index is 611. The standard InChI is InChI=1S/C10H12N8OS/c11-8(19)6-20-10-17-16-9(18(10)12)15-14-5-7-2-1-3-13-4-7/h1-5H,6,12H2,(H2,11,19)(H,15,16)/b14-5+. The number of rotatable bonds is 6. The van der Waals surface area contributed by atoms with Crippen LogP contribution < -0.4 is 17.0 Å². The van der Waals surface area contributed by atoms with Crippen molar-refractivity contribution >= 4 is 29.8 Å². The van der Waals surface area contributed by atoms with E-state index in [4.69, 9.17) is 11.6 Å². The Kier molecular flexibility index (Phi) is 4.50. The zero-order valence-corrected chi connectivity index (χ0v) is 11.1. The zero-order chi connectivity index (χ0) is 14.4. The molecule has 0 fully saturated rings. The van der Waals surface area contributed by atoms with Crippen molar-refractivity contribution in [2.45, 2.75) is 5.16 Å². The fourth-order valence-electron chi connectivity index (χ4n) is 1.20. The first-order chi connectivity index (χ1) is 9.66. The van der Waals surface area contributed by atoms with Gasteiger partial charge < -0.3 is 11.6 Å². The van der Waals surface area contributed by atoms with Gasteiger partial charge in [-0.25, -0.2) is 10.1 Å². The van der Waals surface area contributed by atoms with Crippen molar-refractivity contribution in [3.63, 3.8) is 0 Å². The number of thioether (sulfide) groups is 1. The largest absolute Gasteiger partial charge is 0.369 e. The molecule has 0 atom stereocenters. The van der Waals surface area contributed by atoms with Crippen LogP contribution in [-0.2, 0) is 4.79 Å². The Hall–Kier alpha value is -2.62. The van der Waals surface area contributed by atoms with Gasteiger partial charge >= 0.3 is 0 Å². The highest BCUT2D eigenvalue weighted by Gasteiger charge is 2.10. The molecule has 0 bridgehead atoms. The molecule has 0 radical (unpaired) electrons. The van der Waals surface area contributed by atoms with Crippen LogP contribution in [0.15, 0.2) is 34.8 Å². The van der Waals surface area contributed by atoms with Crippen molar-refractivity contribution in [3.8, 4) is 0 Å². The minimum absolute atomic E-state index is 0.0777. The van der Waals surface area contributed by atoms with Crippen molar-refractivity contribution < 1.29 is 4.79 Å². The zero-order valence-electron chi connectivity index (χ0n) is 10.3. The fraction of sp³-hybridized carbons (Fsp3) is 0.100. The molecule has 0 aliphatic heterocycles. The van der Waals surface area contributed by atoms with Gasteiger partial charge in [0.2, 0.25) is 11.1 Å². The van der Waals surface area contributed by atoms with E-state index in [1.807, 2.05) is 6.07 Å². The molecule has 0 aromatic carbocycles. The Labute approximate surface area is 118 Å². The first-order valence-electron chi connectivity index (χ1n) is 5.47. The SMILES string of the molecule is NC(=O)CSc1nnc(N/N=C/c2cccnc2)n1N. The van der Waals surface area contributed by atoms with Crippen molar-refractivity contribution in [2.24, 2.45) is 10.8 Å². The van der Waals surface area contributed by atoms with E-state index in [1.54, 1.807) is 24.7 Å². The number of nitrogen functional groups attached to an aromatic ring is 1. The van der Waals surface area contributed by atoms with Gasteiger partial charge in [-0.3, -0.25) is 9.78 Å². The number of pyridine rings is 1. The molecule has 20 heavy (non-hydrogen) atoms. The average molecular weight is 292 g/mol. The van der Waals surface area contributed by atoms with Crippen LogP contribution in [0.1, 0.15) is 5.56 Å². The molecule has 2 aromatic heterocycles. The fourth-order valence-corrected chi connectivity index (χ4v) is 1.80. The molecule has 0 aliphatic rings. The van der Waals surface area contributed by atoms with Crippen LogP contribution in [0, 0.1) is 0 Å². The minimum atomic E-state index is -0.456. The second-order valence-electron chi connectivity index (χ2n) is 3.59. The number of nitrogens with zero attached hydrogens (tertiary/aromatic N) is 5. The Balaban J connectivity index is 1.97. The number of anilines is 1. The molecule has 0 saturated carbocycles. The monoisotopic (exact) mass is 292 g/mol. The van der Waals surface area contributed by atoms with Crippen molar-refractivity contribution in [2.75, 3.05) is 17.0 Å². The number of primary amides is 1. The summed E-state index contributed by atoms with van der Waals surface area (Å²) in [6.07, 6.45) is 4.90. The molecule has 2 rings (SSSR count). The number of hydrogen-bond donors (Lipinski definition) is 3. The highest BCUT2D eigenvalue weighted by atomic mass is 32.2. The van der Waals surface area contributed by atoms with Gasteiger partial charge in [0.05, 0.1) is 12.0 Å². The number of carbonyl (C=O) groups is 1. The Morgan fingerprint density at radius 2 is 2.40 bits per heavy atom. The quantitative estimate of drug-likeness (QED) is 0.280. The summed E-state index contributed by atoms with van der Waals surface area (Å²) >= 11 is 1.09. The van der Waals surface area contributed by atoms with Gasteiger partial charge in [0.1, 0.15) is 0 Å². The van der Waals surface area contributed by atoms with E-state index in [2.05, 4.69) is 25.7 Å². The highest BCUT2D eigenvalue weighted by molar-refractivity contribution is 7.99. The third-order valence-corrected chi connectivity index (χ3v) is 3.04. The van der Waals surface area contributed by atoms with Crippen molar-refractivity contribution in [3.05, 3.63) is 30.1 Å². The molecule has 9 nitrogen and oxygen atoms in total. The van der Waals surface area contributed by atoms with E-state index < -0.39 is 5.91 Å². The number of hydrazone groups is 1. The van der Waals surface area contributed by atoms with Crippen LogP contribution in [0.25, 0.3) is 0 Å². The van der Waals surface area contributed by atoms with E-state index in [-0.39, 0.29) is 11.7 Å². The molecule has 2 aromatic rings. The summed E-state index contributed by atoms with van der Waals surface area (Å²) in [5, 5.41) is 11.9. The van der Waals surface area contributed by atoms with Crippen molar-refractivity contribution in [1.82, 2.24) is 19.9 Å². The lowest BCUT2D eigenvalue weighted by molar-refractivity contribution is -0.115. The molecule has 0 unspecified atom stereocenters. The first-order valence-corrected chi connectivity index (χ1v) is 6.46. The maximum Gasteiger partial charge on any atom is 0.264 e. The second-order valence-corrected chi connectivity index (χ2v) is 4.53. The van der Waals surface area contributed by atoms with Gasteiger partial charge in [0.15, 0.2) is 0 Å². The molecule has 104 valence electrons. The Morgan fingerprint density at radius 1 is 1.55 bits per heavy atom. The molecule has 1 amide bonds. The van der Waals surface area contributed by atoms with E-state index >= 15 is 0 Å². The van der Waals surface area contributed by atoms with Crippen LogP contribution >= 0.6 is 11.8 Å². The lowest BCUT2D eigenvalue weighted by atomic mass is 10.3. The third kappa shape index (κ3) is 3.68. The normalized spacial score (nSPS) is 10.8. The number of carbonyl (C=O) groups excluding carboxylic acids is 1. The Morgan fingerprint density at radius 3 is 3.10 bits per heavy atom. The van der Waals surface area contributed by atoms with E-state index in [9.17, 15) is 4.79 Å². The van der Waals surface area contributed by atoms with E-state index in [0.717, 1.165) is 17.3 Å². The molecule has 0 spiro atoms. The summed E-state index contributed by atoms with van der Waals surface area (Å²) in [4.78, 5) is 14.6. The lowest BCUT2D eigenvalue weighted by Crippen LogP contribution is -2.16. The predicted octanol–water partition coefficient (Wildman–Crippen LogP) is -0.590. The van der Waals surface area contributed by atoms with Crippen LogP contribution in [0.5, 0.6) is 0 Å². The molecule has 5 N–H and O–H groups in total. The van der Waals surface area contributed by atoms with Gasteiger partial charge in [-0.2, -0.15) is 5.10 Å². The molecule has 0 saturated heterocycles. The second kappa shape index (κ2) is 6.52. The highest BCUT2D eigenvalue weighted by Crippen LogP contribution is 2.15. The number of nitrogens with two attached hydrogens (primary N) is 2. The van der Waals surface area contributed by atoms with Crippen LogP contribution in [-0.4, -0.2) is 37.7 Å². The van der Waals surface area contributed by atoms with Gasteiger partial charge in [0.25, 0.3) is 5.95 Å². The third-order valence-electron chi connectivity index (χ3n) is 2.07. The summed E-state index contributed by atoms with van der Waals surface area (Å²) < 4.78 is 1.19. The molecule has 10 heteroatoms. The average Bonchev–Trinajstić information content (AvgIpc) is 2.79. The van der Waals surface area contributed by atoms with Crippen LogP contribution in [0.4, 0.5) is 5.95 Å². The van der Waals surface area contributed by atoms with E-state index in [1.165, 1.54) is 4.68 Å². The summed E-state index contributed by atoms with van der Waals surface area (Å²) in [5.41, 5.74) is 8.51.